The summed E-state index contributed by atoms with van der Waals surface area (Å²) in [4.78, 5) is 36.0. The monoisotopic (exact) mass is 333 g/mol. The fourth-order valence-electron chi connectivity index (χ4n) is 2.97. The second-order valence-electron chi connectivity index (χ2n) is 6.11. The number of nitro groups is 1. The summed E-state index contributed by atoms with van der Waals surface area (Å²) < 4.78 is 0. The van der Waals surface area contributed by atoms with Gasteiger partial charge in [0, 0.05) is 43.8 Å². The third-order valence-corrected chi connectivity index (χ3v) is 4.48. The summed E-state index contributed by atoms with van der Waals surface area (Å²) in [5.41, 5.74) is 0.282. The zero-order chi connectivity index (χ0) is 17.5. The highest BCUT2D eigenvalue weighted by Crippen LogP contribution is 2.21. The largest absolute Gasteiger partial charge is 0.352 e. The predicted molar refractivity (Wildman–Crippen MR) is 89.7 cm³/mol. The molecule has 7 heteroatoms. The normalized spacial score (nSPS) is 14.9. The average molecular weight is 333 g/mol. The summed E-state index contributed by atoms with van der Waals surface area (Å²) in [6, 6.07) is 5.71. The second kappa shape index (κ2) is 8.42. The average Bonchev–Trinajstić information content (AvgIpc) is 2.61. The number of nitro benzene ring substituents is 1. The van der Waals surface area contributed by atoms with Crippen LogP contribution in [0.5, 0.6) is 0 Å². The maximum Gasteiger partial charge on any atom is 0.269 e. The Morgan fingerprint density at radius 1 is 1.21 bits per heavy atom. The molecule has 0 aromatic heterocycles. The second-order valence-corrected chi connectivity index (χ2v) is 6.11. The number of nitrogens with zero attached hydrogens (tertiary/aromatic N) is 2. The van der Waals surface area contributed by atoms with Gasteiger partial charge in [-0.05, 0) is 25.0 Å². The van der Waals surface area contributed by atoms with Crippen molar-refractivity contribution in [2.24, 2.45) is 0 Å². The van der Waals surface area contributed by atoms with Gasteiger partial charge in [-0.25, -0.2) is 0 Å². The van der Waals surface area contributed by atoms with Gasteiger partial charge in [0.05, 0.1) is 4.92 Å². The van der Waals surface area contributed by atoms with E-state index >= 15 is 0 Å². The summed E-state index contributed by atoms with van der Waals surface area (Å²) in [5, 5.41) is 13.3. The van der Waals surface area contributed by atoms with Crippen molar-refractivity contribution in [3.63, 3.8) is 0 Å². The molecule has 0 aliphatic heterocycles. The molecule has 0 unspecified atom stereocenters. The predicted octanol–water partition coefficient (Wildman–Crippen LogP) is 2.51. The van der Waals surface area contributed by atoms with Crippen LogP contribution in [0.4, 0.5) is 5.69 Å². The third-order valence-electron chi connectivity index (χ3n) is 4.48. The number of benzene rings is 1. The van der Waals surface area contributed by atoms with Gasteiger partial charge in [0.1, 0.15) is 0 Å². The van der Waals surface area contributed by atoms with E-state index in [2.05, 4.69) is 5.32 Å². The fourth-order valence-corrected chi connectivity index (χ4v) is 2.97. The molecule has 2 amide bonds. The zero-order valence-electron chi connectivity index (χ0n) is 13.9. The van der Waals surface area contributed by atoms with Crippen LogP contribution in [-0.2, 0) is 4.79 Å². The highest BCUT2D eigenvalue weighted by atomic mass is 16.6. The van der Waals surface area contributed by atoms with Crippen molar-refractivity contribution in [2.75, 3.05) is 13.6 Å². The van der Waals surface area contributed by atoms with Crippen LogP contribution in [0.15, 0.2) is 24.3 Å². The summed E-state index contributed by atoms with van der Waals surface area (Å²) in [5.74, 6) is -0.302. The molecule has 1 fully saturated rings. The first kappa shape index (κ1) is 17.9. The fraction of sp³-hybridized carbons (Fsp3) is 0.529. The first-order valence-corrected chi connectivity index (χ1v) is 8.27. The Kier molecular flexibility index (Phi) is 6.28. The topological polar surface area (TPSA) is 92.6 Å². The number of hydrogen-bond acceptors (Lipinski definition) is 4. The molecule has 24 heavy (non-hydrogen) atoms. The molecule has 0 saturated heterocycles. The van der Waals surface area contributed by atoms with E-state index in [-0.39, 0.29) is 30.5 Å². The van der Waals surface area contributed by atoms with Gasteiger partial charge in [-0.1, -0.05) is 19.3 Å². The van der Waals surface area contributed by atoms with E-state index in [0.717, 1.165) is 12.8 Å². The molecule has 0 atom stereocenters. The SMILES string of the molecule is CN(C(=O)CCNC(=O)c1ccc([N+](=O)[O-])cc1)C1CCCCC1. The summed E-state index contributed by atoms with van der Waals surface area (Å²) >= 11 is 0. The quantitative estimate of drug-likeness (QED) is 0.639. The Morgan fingerprint density at radius 2 is 1.83 bits per heavy atom. The van der Waals surface area contributed by atoms with Crippen LogP contribution < -0.4 is 5.32 Å². The van der Waals surface area contributed by atoms with E-state index in [1.807, 2.05) is 7.05 Å². The van der Waals surface area contributed by atoms with Gasteiger partial charge in [-0.15, -0.1) is 0 Å². The van der Waals surface area contributed by atoms with E-state index in [4.69, 9.17) is 0 Å². The van der Waals surface area contributed by atoms with Gasteiger partial charge in [0.15, 0.2) is 0 Å². The van der Waals surface area contributed by atoms with E-state index in [1.165, 1.54) is 43.5 Å². The van der Waals surface area contributed by atoms with Crippen LogP contribution in [0.25, 0.3) is 0 Å². The summed E-state index contributed by atoms with van der Waals surface area (Å²) in [6.45, 7) is 0.256. The maximum atomic E-state index is 12.2. The number of non-ortho nitro benzene ring substituents is 1. The van der Waals surface area contributed by atoms with Crippen LogP contribution in [0, 0.1) is 10.1 Å². The van der Waals surface area contributed by atoms with E-state index in [9.17, 15) is 19.7 Å². The molecular weight excluding hydrogens is 310 g/mol. The van der Waals surface area contributed by atoms with Gasteiger partial charge < -0.3 is 10.2 Å². The molecule has 130 valence electrons. The molecule has 1 aliphatic rings. The highest BCUT2D eigenvalue weighted by molar-refractivity contribution is 5.94. The van der Waals surface area contributed by atoms with Gasteiger partial charge in [-0.3, -0.25) is 19.7 Å². The zero-order valence-corrected chi connectivity index (χ0v) is 13.9. The lowest BCUT2D eigenvalue weighted by Crippen LogP contribution is -2.39. The Morgan fingerprint density at radius 3 is 2.42 bits per heavy atom. The number of rotatable bonds is 6. The summed E-state index contributed by atoms with van der Waals surface area (Å²) in [6.07, 6.45) is 5.93. The molecule has 0 radical (unpaired) electrons. The lowest BCUT2D eigenvalue weighted by atomic mass is 9.94. The Hall–Kier alpha value is -2.44. The molecule has 1 aromatic carbocycles. The van der Waals surface area contributed by atoms with Crippen molar-refractivity contribution in [3.05, 3.63) is 39.9 Å². The molecule has 0 heterocycles. The minimum atomic E-state index is -0.512. The minimum absolute atomic E-state index is 0.0332. The van der Waals surface area contributed by atoms with Crippen molar-refractivity contribution >= 4 is 17.5 Å². The number of hydrogen-bond donors (Lipinski definition) is 1. The van der Waals surface area contributed by atoms with Crippen LogP contribution >= 0.6 is 0 Å². The molecule has 2 rings (SSSR count). The van der Waals surface area contributed by atoms with Gasteiger partial charge in [0.2, 0.25) is 5.91 Å². The smallest absolute Gasteiger partial charge is 0.269 e. The van der Waals surface area contributed by atoms with Crippen molar-refractivity contribution in [1.82, 2.24) is 10.2 Å². The minimum Gasteiger partial charge on any atom is -0.352 e. The van der Waals surface area contributed by atoms with Crippen LogP contribution in [0.2, 0.25) is 0 Å². The van der Waals surface area contributed by atoms with Crippen molar-refractivity contribution in [2.45, 2.75) is 44.6 Å². The molecule has 1 aromatic rings. The standard InChI is InChI=1S/C17H23N3O4/c1-19(14-5-3-2-4-6-14)16(21)11-12-18-17(22)13-7-9-15(10-8-13)20(23)24/h7-10,14H,2-6,11-12H2,1H3,(H,18,22). The lowest BCUT2D eigenvalue weighted by Gasteiger charge is -2.31. The molecule has 1 N–H and O–H groups in total. The van der Waals surface area contributed by atoms with Crippen LogP contribution in [-0.4, -0.2) is 41.3 Å². The van der Waals surface area contributed by atoms with E-state index in [1.54, 1.807) is 4.90 Å². The van der Waals surface area contributed by atoms with Crippen molar-refractivity contribution < 1.29 is 14.5 Å². The van der Waals surface area contributed by atoms with Crippen LogP contribution in [0.3, 0.4) is 0 Å². The molecule has 0 bridgehead atoms. The van der Waals surface area contributed by atoms with Gasteiger partial charge >= 0.3 is 0 Å². The maximum absolute atomic E-state index is 12.2. The van der Waals surface area contributed by atoms with E-state index in [0.29, 0.717) is 11.6 Å². The Balaban J connectivity index is 1.77. The van der Waals surface area contributed by atoms with E-state index < -0.39 is 4.92 Å². The Labute approximate surface area is 141 Å². The summed E-state index contributed by atoms with van der Waals surface area (Å²) in [7, 11) is 1.83. The van der Waals surface area contributed by atoms with Gasteiger partial charge in [0.25, 0.3) is 11.6 Å². The van der Waals surface area contributed by atoms with Crippen molar-refractivity contribution in [3.8, 4) is 0 Å². The van der Waals surface area contributed by atoms with Crippen molar-refractivity contribution in [1.29, 1.82) is 0 Å². The molecule has 0 spiro atoms. The number of carbonyl (C=O) groups is 2. The molecule has 1 aliphatic carbocycles. The number of carbonyl (C=O) groups excluding carboxylic acids is 2. The number of amides is 2. The lowest BCUT2D eigenvalue weighted by molar-refractivity contribution is -0.384. The number of nitrogens with one attached hydrogen (secondary N) is 1. The molecular formula is C17H23N3O4. The first-order valence-electron chi connectivity index (χ1n) is 8.27. The third kappa shape index (κ3) is 4.78. The molecule has 1 saturated carbocycles. The van der Waals surface area contributed by atoms with Gasteiger partial charge in [-0.2, -0.15) is 0 Å². The first-order chi connectivity index (χ1) is 11.5. The highest BCUT2D eigenvalue weighted by Gasteiger charge is 2.21. The van der Waals surface area contributed by atoms with Crippen LogP contribution in [0.1, 0.15) is 48.9 Å². The molecule has 7 nitrogen and oxygen atoms in total. The Bertz CT molecular complexity index is 594.